The summed E-state index contributed by atoms with van der Waals surface area (Å²) in [5, 5.41) is 6.13. The molecule has 158 valence electrons. The Kier molecular flexibility index (Phi) is 7.49. The van der Waals surface area contributed by atoms with Crippen molar-refractivity contribution < 1.29 is 19.1 Å². The van der Waals surface area contributed by atoms with Crippen LogP contribution in [-0.2, 0) is 9.47 Å². The standard InChI is InChI=1S/C20H19Cl2N3O4S/c1-28-19(27)15-11-13(3-5-17(15)25-6-8-29-9-7-25)23-20(30)24-18(26)14-10-12(21)2-4-16(14)22/h2-5,10-11H,6-9H2,1H3,(H2,23,24,26,30). The van der Waals surface area contributed by atoms with Crippen molar-refractivity contribution >= 4 is 63.8 Å². The van der Waals surface area contributed by atoms with E-state index in [9.17, 15) is 9.59 Å². The molecule has 0 radical (unpaired) electrons. The van der Waals surface area contributed by atoms with Gasteiger partial charge in [0.1, 0.15) is 0 Å². The van der Waals surface area contributed by atoms with Crippen LogP contribution in [-0.4, -0.2) is 50.4 Å². The summed E-state index contributed by atoms with van der Waals surface area (Å²) >= 11 is 17.2. The number of esters is 1. The monoisotopic (exact) mass is 467 g/mol. The van der Waals surface area contributed by atoms with Gasteiger partial charge in [-0.1, -0.05) is 23.2 Å². The first-order valence-corrected chi connectivity index (χ1v) is 10.2. The van der Waals surface area contributed by atoms with Crippen LogP contribution in [0.25, 0.3) is 0 Å². The number of rotatable bonds is 4. The van der Waals surface area contributed by atoms with Crippen molar-refractivity contribution in [2.45, 2.75) is 0 Å². The number of benzene rings is 2. The topological polar surface area (TPSA) is 79.9 Å². The van der Waals surface area contributed by atoms with E-state index in [-0.39, 0.29) is 15.7 Å². The largest absolute Gasteiger partial charge is 0.465 e. The van der Waals surface area contributed by atoms with Crippen LogP contribution in [0.5, 0.6) is 0 Å². The second kappa shape index (κ2) is 10.1. The van der Waals surface area contributed by atoms with E-state index in [4.69, 9.17) is 44.9 Å². The van der Waals surface area contributed by atoms with Crippen molar-refractivity contribution in [3.05, 3.63) is 57.6 Å². The number of morpholine rings is 1. The number of halogens is 2. The maximum atomic E-state index is 12.4. The molecule has 0 bridgehead atoms. The van der Waals surface area contributed by atoms with Crippen LogP contribution in [0.2, 0.25) is 10.0 Å². The minimum absolute atomic E-state index is 0.0472. The van der Waals surface area contributed by atoms with Gasteiger partial charge in [-0.15, -0.1) is 0 Å². The Morgan fingerprint density at radius 2 is 1.83 bits per heavy atom. The van der Waals surface area contributed by atoms with Gasteiger partial charge in [0, 0.05) is 23.8 Å². The summed E-state index contributed by atoms with van der Waals surface area (Å²) in [6.45, 7) is 2.52. The van der Waals surface area contributed by atoms with E-state index < -0.39 is 11.9 Å². The number of anilines is 2. The number of ether oxygens (including phenoxy) is 2. The molecule has 30 heavy (non-hydrogen) atoms. The number of carbonyl (C=O) groups is 2. The van der Waals surface area contributed by atoms with Crippen LogP contribution < -0.4 is 15.5 Å². The Morgan fingerprint density at radius 3 is 2.53 bits per heavy atom. The number of amides is 1. The number of thiocarbonyl (C=S) groups is 1. The highest BCUT2D eigenvalue weighted by Gasteiger charge is 2.20. The number of methoxy groups -OCH3 is 1. The molecule has 0 spiro atoms. The van der Waals surface area contributed by atoms with Gasteiger partial charge in [0.05, 0.1) is 42.2 Å². The molecular weight excluding hydrogens is 449 g/mol. The van der Waals surface area contributed by atoms with Gasteiger partial charge in [-0.3, -0.25) is 10.1 Å². The zero-order valence-corrected chi connectivity index (χ0v) is 18.4. The second-order valence-corrected chi connectivity index (χ2v) is 7.61. The van der Waals surface area contributed by atoms with Gasteiger partial charge >= 0.3 is 5.97 Å². The molecule has 10 heteroatoms. The van der Waals surface area contributed by atoms with E-state index in [1.807, 2.05) is 0 Å². The molecule has 2 N–H and O–H groups in total. The molecule has 0 aromatic heterocycles. The molecule has 0 aliphatic carbocycles. The van der Waals surface area contributed by atoms with Gasteiger partial charge in [0.25, 0.3) is 5.91 Å². The van der Waals surface area contributed by atoms with Gasteiger partial charge in [-0.25, -0.2) is 4.79 Å². The number of nitrogens with one attached hydrogen (secondary N) is 2. The highest BCUT2D eigenvalue weighted by atomic mass is 35.5. The summed E-state index contributed by atoms with van der Waals surface area (Å²) in [5.41, 5.74) is 1.86. The van der Waals surface area contributed by atoms with Gasteiger partial charge in [0.15, 0.2) is 5.11 Å². The summed E-state index contributed by atoms with van der Waals surface area (Å²) < 4.78 is 10.3. The maximum Gasteiger partial charge on any atom is 0.340 e. The van der Waals surface area contributed by atoms with Crippen LogP contribution in [0.4, 0.5) is 11.4 Å². The lowest BCUT2D eigenvalue weighted by Gasteiger charge is -2.30. The Balaban J connectivity index is 1.75. The van der Waals surface area contributed by atoms with Gasteiger partial charge in [0.2, 0.25) is 0 Å². The van der Waals surface area contributed by atoms with Crippen LogP contribution in [0.15, 0.2) is 36.4 Å². The fraction of sp³-hybridized carbons (Fsp3) is 0.250. The average Bonchev–Trinajstić information content (AvgIpc) is 2.75. The van der Waals surface area contributed by atoms with E-state index in [0.29, 0.717) is 42.6 Å². The smallest absolute Gasteiger partial charge is 0.340 e. The third kappa shape index (κ3) is 5.40. The molecule has 1 amide bonds. The number of hydrogen-bond acceptors (Lipinski definition) is 6. The first-order chi connectivity index (χ1) is 14.4. The Bertz CT molecular complexity index is 981. The first-order valence-electron chi connectivity index (χ1n) is 9.01. The van der Waals surface area contributed by atoms with Crippen LogP contribution in [0, 0.1) is 0 Å². The van der Waals surface area contributed by atoms with Crippen molar-refractivity contribution in [3.63, 3.8) is 0 Å². The summed E-state index contributed by atoms with van der Waals surface area (Å²) in [7, 11) is 1.32. The summed E-state index contributed by atoms with van der Waals surface area (Å²) in [6, 6.07) is 9.76. The quantitative estimate of drug-likeness (QED) is 0.523. The molecule has 2 aromatic carbocycles. The summed E-state index contributed by atoms with van der Waals surface area (Å²) in [5.74, 6) is -0.973. The molecule has 0 atom stereocenters. The number of hydrogen-bond donors (Lipinski definition) is 2. The molecule has 1 saturated heterocycles. The Morgan fingerprint density at radius 1 is 1.10 bits per heavy atom. The minimum Gasteiger partial charge on any atom is -0.465 e. The molecule has 1 aliphatic heterocycles. The van der Waals surface area contributed by atoms with Crippen molar-refractivity contribution in [2.24, 2.45) is 0 Å². The van der Waals surface area contributed by atoms with E-state index in [0.717, 1.165) is 5.69 Å². The number of carbonyl (C=O) groups excluding carboxylic acids is 2. The predicted octanol–water partition coefficient (Wildman–Crippen LogP) is 3.74. The Hall–Kier alpha value is -2.39. The van der Waals surface area contributed by atoms with E-state index in [1.165, 1.54) is 19.2 Å². The van der Waals surface area contributed by atoms with Gasteiger partial charge in [-0.2, -0.15) is 0 Å². The molecule has 1 fully saturated rings. The second-order valence-electron chi connectivity index (χ2n) is 6.36. The number of nitrogens with zero attached hydrogens (tertiary/aromatic N) is 1. The van der Waals surface area contributed by atoms with E-state index in [1.54, 1.807) is 24.3 Å². The first kappa shape index (κ1) is 22.3. The molecule has 1 heterocycles. The van der Waals surface area contributed by atoms with Crippen LogP contribution >= 0.6 is 35.4 Å². The predicted molar refractivity (Wildman–Crippen MR) is 121 cm³/mol. The summed E-state index contributed by atoms with van der Waals surface area (Å²) in [6.07, 6.45) is 0. The van der Waals surface area contributed by atoms with Crippen molar-refractivity contribution in [2.75, 3.05) is 43.6 Å². The zero-order chi connectivity index (χ0) is 21.7. The Labute approximate surface area is 189 Å². The third-order valence-corrected chi connectivity index (χ3v) is 5.18. The lowest BCUT2D eigenvalue weighted by molar-refractivity contribution is 0.0600. The lowest BCUT2D eigenvalue weighted by Crippen LogP contribution is -2.37. The van der Waals surface area contributed by atoms with E-state index in [2.05, 4.69) is 15.5 Å². The normalized spacial score (nSPS) is 13.5. The van der Waals surface area contributed by atoms with E-state index >= 15 is 0 Å². The minimum atomic E-state index is -0.502. The zero-order valence-electron chi connectivity index (χ0n) is 16.0. The highest BCUT2D eigenvalue weighted by molar-refractivity contribution is 7.80. The fourth-order valence-electron chi connectivity index (χ4n) is 2.97. The van der Waals surface area contributed by atoms with Crippen LogP contribution in [0.3, 0.4) is 0 Å². The molecule has 0 unspecified atom stereocenters. The highest BCUT2D eigenvalue weighted by Crippen LogP contribution is 2.26. The van der Waals surface area contributed by atoms with Gasteiger partial charge < -0.3 is 19.7 Å². The molecule has 3 rings (SSSR count). The lowest BCUT2D eigenvalue weighted by atomic mass is 10.1. The molecule has 1 aliphatic rings. The maximum absolute atomic E-state index is 12.4. The molecular formula is C20H19Cl2N3O4S. The van der Waals surface area contributed by atoms with Crippen molar-refractivity contribution in [1.29, 1.82) is 0 Å². The molecule has 0 saturated carbocycles. The third-order valence-electron chi connectivity index (χ3n) is 4.41. The SMILES string of the molecule is COC(=O)c1cc(NC(=S)NC(=O)c2cc(Cl)ccc2Cl)ccc1N1CCOCC1. The van der Waals surface area contributed by atoms with Crippen molar-refractivity contribution in [3.8, 4) is 0 Å². The molecule has 2 aromatic rings. The van der Waals surface area contributed by atoms with Crippen molar-refractivity contribution in [1.82, 2.24) is 5.32 Å². The molecule has 7 nitrogen and oxygen atoms in total. The average molecular weight is 468 g/mol. The fourth-order valence-corrected chi connectivity index (χ4v) is 3.56. The van der Waals surface area contributed by atoms with Crippen LogP contribution in [0.1, 0.15) is 20.7 Å². The van der Waals surface area contributed by atoms with Gasteiger partial charge in [-0.05, 0) is 48.6 Å². The summed E-state index contributed by atoms with van der Waals surface area (Å²) in [4.78, 5) is 26.8.